The van der Waals surface area contributed by atoms with Crippen molar-refractivity contribution in [2.45, 2.75) is 38.3 Å². The smallest absolute Gasteiger partial charge is 0.234 e. The maximum Gasteiger partial charge on any atom is 0.234 e. The van der Waals surface area contributed by atoms with Gasteiger partial charge in [-0.1, -0.05) is 36.8 Å². The summed E-state index contributed by atoms with van der Waals surface area (Å²) < 4.78 is 0. The van der Waals surface area contributed by atoms with Gasteiger partial charge in [0.25, 0.3) is 0 Å². The zero-order valence-electron chi connectivity index (χ0n) is 13.1. The topological polar surface area (TPSA) is 44.4 Å². The first-order valence-electron chi connectivity index (χ1n) is 7.93. The Morgan fingerprint density at radius 1 is 1.33 bits per heavy atom. The van der Waals surface area contributed by atoms with Gasteiger partial charge in [0.05, 0.1) is 12.6 Å². The summed E-state index contributed by atoms with van der Waals surface area (Å²) in [4.78, 5) is 14.6. The second-order valence-electron chi connectivity index (χ2n) is 5.88. The second kappa shape index (κ2) is 8.15. The summed E-state index contributed by atoms with van der Waals surface area (Å²) in [7, 11) is 1.98. The Bertz CT molecular complexity index is 433. The number of rotatable bonds is 6. The Labute approximate surface area is 127 Å². The summed E-state index contributed by atoms with van der Waals surface area (Å²) in [6.07, 6.45) is 3.65. The number of benzene rings is 1. The van der Waals surface area contributed by atoms with Crippen LogP contribution >= 0.6 is 0 Å². The van der Waals surface area contributed by atoms with Crippen LogP contribution in [0.15, 0.2) is 30.3 Å². The lowest BCUT2D eigenvalue weighted by atomic mass is 10.0. The largest absolute Gasteiger partial charge is 0.348 e. The molecule has 21 heavy (non-hydrogen) atoms. The van der Waals surface area contributed by atoms with Gasteiger partial charge in [0.15, 0.2) is 0 Å². The Balaban J connectivity index is 1.85. The SMILES string of the molecule is CNCC1CCCCN1CC(=O)NC(C)c1ccccc1. The molecule has 0 aromatic heterocycles. The molecule has 2 atom stereocenters. The van der Waals surface area contributed by atoms with Gasteiger partial charge < -0.3 is 10.6 Å². The lowest BCUT2D eigenvalue weighted by Gasteiger charge is -2.35. The highest BCUT2D eigenvalue weighted by Crippen LogP contribution is 2.16. The van der Waals surface area contributed by atoms with Crippen molar-refractivity contribution in [2.24, 2.45) is 0 Å². The quantitative estimate of drug-likeness (QED) is 0.841. The zero-order valence-corrected chi connectivity index (χ0v) is 13.1. The fraction of sp³-hybridized carbons (Fsp3) is 0.588. The van der Waals surface area contributed by atoms with E-state index in [4.69, 9.17) is 0 Å². The molecule has 1 aromatic carbocycles. The number of hydrogen-bond acceptors (Lipinski definition) is 3. The summed E-state index contributed by atoms with van der Waals surface area (Å²) in [6, 6.07) is 10.7. The molecule has 0 bridgehead atoms. The van der Waals surface area contributed by atoms with Gasteiger partial charge in [0, 0.05) is 12.6 Å². The Morgan fingerprint density at radius 2 is 2.10 bits per heavy atom. The molecular weight excluding hydrogens is 262 g/mol. The number of carbonyl (C=O) groups is 1. The molecule has 1 aliphatic rings. The standard InChI is InChI=1S/C17H27N3O/c1-14(15-8-4-3-5-9-15)19-17(21)13-20-11-7-6-10-16(20)12-18-2/h3-5,8-9,14,16,18H,6-7,10-13H2,1-2H3,(H,19,21). The minimum Gasteiger partial charge on any atom is -0.348 e. The van der Waals surface area contributed by atoms with Crippen LogP contribution in [0.5, 0.6) is 0 Å². The molecule has 4 nitrogen and oxygen atoms in total. The number of nitrogens with one attached hydrogen (secondary N) is 2. The third-order valence-electron chi connectivity index (χ3n) is 4.21. The van der Waals surface area contributed by atoms with Gasteiger partial charge >= 0.3 is 0 Å². The van der Waals surface area contributed by atoms with Crippen molar-refractivity contribution in [3.63, 3.8) is 0 Å². The molecular formula is C17H27N3O. The number of hydrogen-bond donors (Lipinski definition) is 2. The van der Waals surface area contributed by atoms with E-state index in [0.29, 0.717) is 12.6 Å². The highest BCUT2D eigenvalue weighted by atomic mass is 16.2. The van der Waals surface area contributed by atoms with Crippen molar-refractivity contribution in [1.29, 1.82) is 0 Å². The number of likely N-dealkylation sites (N-methyl/N-ethyl adjacent to an activating group) is 1. The maximum absolute atomic E-state index is 12.3. The van der Waals surface area contributed by atoms with Crippen LogP contribution < -0.4 is 10.6 Å². The molecule has 1 fully saturated rings. The summed E-state index contributed by atoms with van der Waals surface area (Å²) in [6.45, 7) is 4.53. The third-order valence-corrected chi connectivity index (χ3v) is 4.21. The van der Waals surface area contributed by atoms with Crippen LogP contribution in [0.1, 0.15) is 37.8 Å². The average Bonchev–Trinajstić information content (AvgIpc) is 2.50. The fourth-order valence-corrected chi connectivity index (χ4v) is 3.03. The monoisotopic (exact) mass is 289 g/mol. The maximum atomic E-state index is 12.3. The predicted molar refractivity (Wildman–Crippen MR) is 86.1 cm³/mol. The van der Waals surface area contributed by atoms with Crippen LogP contribution in [0.3, 0.4) is 0 Å². The van der Waals surface area contributed by atoms with Gasteiger partial charge in [-0.15, -0.1) is 0 Å². The molecule has 2 N–H and O–H groups in total. The van der Waals surface area contributed by atoms with Gasteiger partial charge in [-0.25, -0.2) is 0 Å². The fourth-order valence-electron chi connectivity index (χ4n) is 3.03. The van der Waals surface area contributed by atoms with Crippen LogP contribution in [-0.4, -0.2) is 43.5 Å². The summed E-state index contributed by atoms with van der Waals surface area (Å²) >= 11 is 0. The molecule has 2 rings (SSSR count). The molecule has 0 radical (unpaired) electrons. The zero-order chi connectivity index (χ0) is 15.1. The molecule has 0 saturated carbocycles. The Kier molecular flexibility index (Phi) is 6.21. The van der Waals surface area contributed by atoms with E-state index in [1.165, 1.54) is 19.3 Å². The molecule has 2 unspecified atom stereocenters. The van der Waals surface area contributed by atoms with E-state index in [2.05, 4.69) is 27.7 Å². The van der Waals surface area contributed by atoms with Crippen molar-refractivity contribution in [3.05, 3.63) is 35.9 Å². The van der Waals surface area contributed by atoms with Crippen LogP contribution in [0, 0.1) is 0 Å². The average molecular weight is 289 g/mol. The molecule has 1 heterocycles. The van der Waals surface area contributed by atoms with Crippen molar-refractivity contribution in [3.8, 4) is 0 Å². The van der Waals surface area contributed by atoms with Gasteiger partial charge in [-0.05, 0) is 38.9 Å². The molecule has 0 spiro atoms. The minimum atomic E-state index is 0.0613. The van der Waals surface area contributed by atoms with Crippen molar-refractivity contribution in [1.82, 2.24) is 15.5 Å². The minimum absolute atomic E-state index is 0.0613. The Morgan fingerprint density at radius 3 is 2.81 bits per heavy atom. The predicted octanol–water partition coefficient (Wildman–Crippen LogP) is 1.94. The van der Waals surface area contributed by atoms with Crippen molar-refractivity contribution in [2.75, 3.05) is 26.7 Å². The third kappa shape index (κ3) is 4.83. The van der Waals surface area contributed by atoms with Gasteiger partial charge in [-0.3, -0.25) is 9.69 Å². The van der Waals surface area contributed by atoms with Crippen LogP contribution in [-0.2, 0) is 4.79 Å². The summed E-state index contributed by atoms with van der Waals surface area (Å²) in [5, 5.41) is 6.34. The normalized spacial score (nSPS) is 21.0. The summed E-state index contributed by atoms with van der Waals surface area (Å²) in [5.41, 5.74) is 1.15. The highest BCUT2D eigenvalue weighted by Gasteiger charge is 2.24. The Hall–Kier alpha value is -1.39. The van der Waals surface area contributed by atoms with Gasteiger partial charge in [0.2, 0.25) is 5.91 Å². The van der Waals surface area contributed by atoms with E-state index in [1.807, 2.05) is 32.2 Å². The van der Waals surface area contributed by atoms with E-state index in [0.717, 1.165) is 18.7 Å². The van der Waals surface area contributed by atoms with Crippen LogP contribution in [0.4, 0.5) is 0 Å². The van der Waals surface area contributed by atoms with Crippen LogP contribution in [0.25, 0.3) is 0 Å². The highest BCUT2D eigenvalue weighted by molar-refractivity contribution is 5.78. The van der Waals surface area contributed by atoms with Gasteiger partial charge in [-0.2, -0.15) is 0 Å². The number of carbonyl (C=O) groups excluding carboxylic acids is 1. The second-order valence-corrected chi connectivity index (χ2v) is 5.88. The number of piperidine rings is 1. The van der Waals surface area contributed by atoms with Crippen LogP contribution in [0.2, 0.25) is 0 Å². The number of nitrogens with zero attached hydrogens (tertiary/aromatic N) is 1. The first kappa shape index (κ1) is 16.0. The van der Waals surface area contributed by atoms with Crippen molar-refractivity contribution < 1.29 is 4.79 Å². The van der Waals surface area contributed by atoms with E-state index in [9.17, 15) is 4.79 Å². The van der Waals surface area contributed by atoms with Gasteiger partial charge in [0.1, 0.15) is 0 Å². The molecule has 1 aromatic rings. The van der Waals surface area contributed by atoms with Crippen molar-refractivity contribution >= 4 is 5.91 Å². The number of amides is 1. The molecule has 4 heteroatoms. The molecule has 116 valence electrons. The molecule has 1 aliphatic heterocycles. The first-order chi connectivity index (χ1) is 10.2. The van der Waals surface area contributed by atoms with E-state index in [-0.39, 0.29) is 11.9 Å². The summed E-state index contributed by atoms with van der Waals surface area (Å²) in [5.74, 6) is 0.120. The van der Waals surface area contributed by atoms with E-state index < -0.39 is 0 Å². The number of likely N-dealkylation sites (tertiary alicyclic amines) is 1. The van der Waals surface area contributed by atoms with E-state index >= 15 is 0 Å². The molecule has 1 saturated heterocycles. The lowest BCUT2D eigenvalue weighted by Crippen LogP contribution is -2.49. The lowest BCUT2D eigenvalue weighted by molar-refractivity contribution is -0.123. The van der Waals surface area contributed by atoms with E-state index in [1.54, 1.807) is 0 Å². The molecule has 1 amide bonds. The molecule has 0 aliphatic carbocycles. The first-order valence-corrected chi connectivity index (χ1v) is 7.93.